The van der Waals surface area contributed by atoms with Gasteiger partial charge < -0.3 is 10.2 Å². The maximum absolute atomic E-state index is 11.4. The summed E-state index contributed by atoms with van der Waals surface area (Å²) in [5.41, 5.74) is 0.761. The zero-order valence-corrected chi connectivity index (χ0v) is 11.0. The molecule has 0 heterocycles. The Kier molecular flexibility index (Phi) is 4.93. The molecule has 0 radical (unpaired) electrons. The molecular formula is C15H21NO3. The lowest BCUT2D eigenvalue weighted by atomic mass is 9.84. The zero-order chi connectivity index (χ0) is 13.7. The molecule has 1 saturated carbocycles. The Morgan fingerprint density at radius 1 is 1.26 bits per heavy atom. The van der Waals surface area contributed by atoms with Crippen molar-refractivity contribution in [3.8, 4) is 0 Å². The third kappa shape index (κ3) is 3.55. The minimum Gasteiger partial charge on any atom is -0.480 e. The molecule has 4 heteroatoms. The fraction of sp³-hybridized carbons (Fsp3) is 0.533. The molecule has 1 aliphatic rings. The quantitative estimate of drug-likeness (QED) is 0.759. The highest BCUT2D eigenvalue weighted by atomic mass is 16.4. The first-order valence-electron chi connectivity index (χ1n) is 6.87. The number of carboxylic acids is 1. The second-order valence-electron chi connectivity index (χ2n) is 5.18. The molecular weight excluding hydrogens is 242 g/mol. The summed E-state index contributed by atoms with van der Waals surface area (Å²) in [6.45, 7) is 0.124. The van der Waals surface area contributed by atoms with Gasteiger partial charge in [0.05, 0.1) is 0 Å². The van der Waals surface area contributed by atoms with Crippen LogP contribution < -0.4 is 5.32 Å². The second-order valence-corrected chi connectivity index (χ2v) is 5.18. The van der Waals surface area contributed by atoms with Crippen LogP contribution in [0.3, 0.4) is 0 Å². The van der Waals surface area contributed by atoms with E-state index in [1.165, 1.54) is 0 Å². The molecule has 3 atom stereocenters. The first-order valence-corrected chi connectivity index (χ1v) is 6.87. The van der Waals surface area contributed by atoms with Crippen molar-refractivity contribution >= 4 is 5.97 Å². The number of hydrogen-bond acceptors (Lipinski definition) is 3. The first kappa shape index (κ1) is 14.0. The lowest BCUT2D eigenvalue weighted by Gasteiger charge is -2.33. The molecule has 3 N–H and O–H groups in total. The fourth-order valence-electron chi connectivity index (χ4n) is 2.82. The minimum absolute atomic E-state index is 0.0834. The number of aliphatic hydroxyl groups is 1. The van der Waals surface area contributed by atoms with Gasteiger partial charge in [-0.15, -0.1) is 0 Å². The van der Waals surface area contributed by atoms with E-state index in [-0.39, 0.29) is 18.6 Å². The average Bonchev–Trinajstić information content (AvgIpc) is 2.45. The van der Waals surface area contributed by atoms with Crippen LogP contribution >= 0.6 is 0 Å². The summed E-state index contributed by atoms with van der Waals surface area (Å²) in [5.74, 6) is -0.701. The molecule has 0 bridgehead atoms. The van der Waals surface area contributed by atoms with E-state index in [1.807, 2.05) is 30.3 Å². The summed E-state index contributed by atoms with van der Waals surface area (Å²) in [6.07, 6.45) is 4.11. The van der Waals surface area contributed by atoms with Crippen LogP contribution in [0, 0.1) is 5.92 Å². The first-order chi connectivity index (χ1) is 9.22. The third-order valence-electron chi connectivity index (χ3n) is 3.90. The van der Waals surface area contributed by atoms with Crippen LogP contribution in [-0.4, -0.2) is 28.8 Å². The van der Waals surface area contributed by atoms with Gasteiger partial charge in [-0.2, -0.15) is 0 Å². The van der Waals surface area contributed by atoms with Crippen LogP contribution in [0.2, 0.25) is 0 Å². The second kappa shape index (κ2) is 6.68. The summed E-state index contributed by atoms with van der Waals surface area (Å²) in [6, 6.07) is 8.60. The van der Waals surface area contributed by atoms with Crippen LogP contribution in [0.4, 0.5) is 0 Å². The molecule has 3 unspecified atom stereocenters. The van der Waals surface area contributed by atoms with Gasteiger partial charge in [0.15, 0.2) is 0 Å². The van der Waals surface area contributed by atoms with Crippen molar-refractivity contribution in [2.75, 3.05) is 6.61 Å². The van der Waals surface area contributed by atoms with Crippen LogP contribution in [0.25, 0.3) is 0 Å². The van der Waals surface area contributed by atoms with Gasteiger partial charge >= 0.3 is 5.97 Å². The molecule has 1 aliphatic carbocycles. The van der Waals surface area contributed by atoms with E-state index in [0.717, 1.165) is 31.2 Å². The van der Waals surface area contributed by atoms with Gasteiger partial charge in [-0.1, -0.05) is 43.2 Å². The smallest absolute Gasteiger partial charge is 0.325 e. The van der Waals surface area contributed by atoms with Gasteiger partial charge in [-0.3, -0.25) is 10.1 Å². The number of carboxylic acid groups (broad SMARTS) is 1. The fourth-order valence-corrected chi connectivity index (χ4v) is 2.82. The van der Waals surface area contributed by atoms with E-state index in [2.05, 4.69) is 5.32 Å². The van der Waals surface area contributed by atoms with Crippen molar-refractivity contribution in [2.24, 2.45) is 5.92 Å². The van der Waals surface area contributed by atoms with Gasteiger partial charge in [-0.25, -0.2) is 0 Å². The highest BCUT2D eigenvalue weighted by molar-refractivity contribution is 5.75. The summed E-state index contributed by atoms with van der Waals surface area (Å²) in [7, 11) is 0. The molecule has 0 spiro atoms. The normalized spacial score (nSPS) is 24.9. The Labute approximate surface area is 113 Å². The van der Waals surface area contributed by atoms with Gasteiger partial charge in [-0.05, 0) is 24.3 Å². The summed E-state index contributed by atoms with van der Waals surface area (Å²) >= 11 is 0. The van der Waals surface area contributed by atoms with Crippen molar-refractivity contribution in [1.82, 2.24) is 5.32 Å². The van der Waals surface area contributed by atoms with Crippen LogP contribution in [0.5, 0.6) is 0 Å². The van der Waals surface area contributed by atoms with Crippen LogP contribution in [0.1, 0.15) is 37.3 Å². The molecule has 1 fully saturated rings. The highest BCUT2D eigenvalue weighted by Crippen LogP contribution is 2.26. The zero-order valence-electron chi connectivity index (χ0n) is 11.0. The van der Waals surface area contributed by atoms with Gasteiger partial charge in [0.1, 0.15) is 6.04 Å². The van der Waals surface area contributed by atoms with Crippen LogP contribution in [0.15, 0.2) is 30.3 Å². The Morgan fingerprint density at radius 3 is 2.58 bits per heavy atom. The van der Waals surface area contributed by atoms with Crippen molar-refractivity contribution in [3.63, 3.8) is 0 Å². The van der Waals surface area contributed by atoms with E-state index in [0.29, 0.717) is 0 Å². The van der Waals surface area contributed by atoms with E-state index in [9.17, 15) is 15.0 Å². The van der Waals surface area contributed by atoms with Crippen molar-refractivity contribution in [1.29, 1.82) is 0 Å². The molecule has 1 aromatic rings. The number of aliphatic carboxylic acids is 1. The van der Waals surface area contributed by atoms with E-state index >= 15 is 0 Å². The van der Waals surface area contributed by atoms with Crippen LogP contribution in [-0.2, 0) is 4.79 Å². The van der Waals surface area contributed by atoms with Gasteiger partial charge in [0, 0.05) is 12.6 Å². The van der Waals surface area contributed by atoms with E-state index in [1.54, 1.807) is 0 Å². The van der Waals surface area contributed by atoms with E-state index in [4.69, 9.17) is 0 Å². The average molecular weight is 263 g/mol. The molecule has 0 aromatic heterocycles. The number of benzene rings is 1. The minimum atomic E-state index is -0.867. The molecule has 104 valence electrons. The van der Waals surface area contributed by atoms with Gasteiger partial charge in [0.2, 0.25) is 0 Å². The molecule has 0 amide bonds. The topological polar surface area (TPSA) is 69.6 Å². The molecule has 2 rings (SSSR count). The maximum Gasteiger partial charge on any atom is 0.325 e. The van der Waals surface area contributed by atoms with Crippen molar-refractivity contribution in [3.05, 3.63) is 35.9 Å². The molecule has 4 nitrogen and oxygen atoms in total. The maximum atomic E-state index is 11.4. The van der Waals surface area contributed by atoms with Gasteiger partial charge in [0.25, 0.3) is 0 Å². The largest absolute Gasteiger partial charge is 0.480 e. The Morgan fingerprint density at radius 2 is 1.95 bits per heavy atom. The lowest BCUT2D eigenvalue weighted by molar-refractivity contribution is -0.140. The Balaban J connectivity index is 2.10. The predicted molar refractivity (Wildman–Crippen MR) is 72.8 cm³/mol. The predicted octanol–water partition coefficient (Wildman–Crippen LogP) is 1.95. The Bertz CT molecular complexity index is 407. The summed E-state index contributed by atoms with van der Waals surface area (Å²) < 4.78 is 0. The molecule has 1 aromatic carbocycles. The monoisotopic (exact) mass is 263 g/mol. The standard InChI is InChI=1S/C15H21NO3/c17-10-12-8-4-5-9-13(12)16-14(15(18)19)11-6-2-1-3-7-11/h1-3,6-7,12-14,16-17H,4-5,8-10H2,(H,18,19). The number of rotatable bonds is 5. The Hall–Kier alpha value is -1.39. The number of aliphatic hydroxyl groups excluding tert-OH is 1. The number of carbonyl (C=O) groups is 1. The molecule has 0 aliphatic heterocycles. The summed E-state index contributed by atoms with van der Waals surface area (Å²) in [4.78, 5) is 11.4. The van der Waals surface area contributed by atoms with Crippen molar-refractivity contribution in [2.45, 2.75) is 37.8 Å². The van der Waals surface area contributed by atoms with E-state index < -0.39 is 12.0 Å². The SMILES string of the molecule is O=C(O)C(NC1CCCCC1CO)c1ccccc1. The number of nitrogens with one attached hydrogen (secondary N) is 1. The van der Waals surface area contributed by atoms with Crippen molar-refractivity contribution < 1.29 is 15.0 Å². The summed E-state index contributed by atoms with van der Waals surface area (Å²) in [5, 5.41) is 22.0. The third-order valence-corrected chi connectivity index (χ3v) is 3.90. The highest BCUT2D eigenvalue weighted by Gasteiger charge is 2.29. The molecule has 0 saturated heterocycles. The lowest BCUT2D eigenvalue weighted by Crippen LogP contribution is -2.44. The molecule has 19 heavy (non-hydrogen) atoms. The number of hydrogen-bond donors (Lipinski definition) is 3.